The number of ether oxygens (including phenoxy) is 1. The van der Waals surface area contributed by atoms with E-state index in [0.717, 1.165) is 27.3 Å². The number of carboxylic acid groups (broad SMARTS) is 2. The van der Waals surface area contributed by atoms with Crippen LogP contribution in [-0.4, -0.2) is 72.2 Å². The van der Waals surface area contributed by atoms with Crippen LogP contribution in [0.2, 0.25) is 0 Å². The van der Waals surface area contributed by atoms with Crippen LogP contribution in [0.1, 0.15) is 28.9 Å². The minimum absolute atomic E-state index is 0.178. The number of hydrogen-bond acceptors (Lipinski definition) is 7. The molecule has 1 aliphatic rings. The number of benzene rings is 2. The van der Waals surface area contributed by atoms with Gasteiger partial charge in [0.05, 0.1) is 10.9 Å². The monoisotopic (exact) mass is 528 g/mol. The third-order valence-electron chi connectivity index (χ3n) is 5.28. The van der Waals surface area contributed by atoms with Crippen molar-refractivity contribution in [2.75, 3.05) is 32.1 Å². The minimum Gasteiger partial charge on any atom is -0.478 e. The van der Waals surface area contributed by atoms with Gasteiger partial charge < -0.3 is 24.7 Å². The zero-order valence-electron chi connectivity index (χ0n) is 21.5. The van der Waals surface area contributed by atoms with Crippen molar-refractivity contribution in [3.8, 4) is 0 Å². The van der Waals surface area contributed by atoms with Crippen molar-refractivity contribution in [2.24, 2.45) is 0 Å². The number of carbonyl (C=O) groups is 4. The van der Waals surface area contributed by atoms with E-state index < -0.39 is 24.0 Å². The zero-order chi connectivity index (χ0) is 27.7. The molecule has 0 aromatic heterocycles. The van der Waals surface area contributed by atoms with Crippen molar-refractivity contribution < 1.29 is 34.1 Å². The lowest BCUT2D eigenvalue weighted by Gasteiger charge is -2.28. The van der Waals surface area contributed by atoms with Crippen LogP contribution in [0.4, 0.5) is 5.69 Å². The molecule has 1 amide bonds. The Morgan fingerprint density at radius 3 is 2.08 bits per heavy atom. The molecule has 1 aliphatic heterocycles. The summed E-state index contributed by atoms with van der Waals surface area (Å²) in [5, 5.41) is 15.3. The Kier molecular flexibility index (Phi) is 10.9. The molecular formula is C27H32N2O7S. The second-order valence-corrected chi connectivity index (χ2v) is 9.94. The molecule has 9 nitrogen and oxygen atoms in total. The molecule has 0 aliphatic carbocycles. The molecule has 2 aromatic carbocycles. The molecule has 2 N–H and O–H groups in total. The summed E-state index contributed by atoms with van der Waals surface area (Å²) in [5.41, 5.74) is 4.12. The van der Waals surface area contributed by atoms with Gasteiger partial charge in [0.15, 0.2) is 6.10 Å². The second kappa shape index (κ2) is 13.6. The molecular weight excluding hydrogens is 496 g/mol. The smallest absolute Gasteiger partial charge is 0.328 e. The molecule has 37 heavy (non-hydrogen) atoms. The molecule has 0 bridgehead atoms. The SMILES string of the molecule is CC(=O)O[C@@H]1C(=O)N(CCN(C)C)c2ccc(C)cc2S[C@@H]1c1ccc(C)cc1.O=C(O)/C=C\C(=O)O. The van der Waals surface area contributed by atoms with Crippen LogP contribution in [0.3, 0.4) is 0 Å². The third kappa shape index (κ3) is 9.07. The van der Waals surface area contributed by atoms with Gasteiger partial charge in [-0.15, -0.1) is 11.8 Å². The number of likely N-dealkylation sites (N-methyl/N-ethyl adjacent to an activating group) is 1. The Morgan fingerprint density at radius 1 is 1.00 bits per heavy atom. The normalized spacial score (nSPS) is 17.0. The van der Waals surface area contributed by atoms with E-state index in [0.29, 0.717) is 25.2 Å². The molecule has 3 rings (SSSR count). The molecule has 2 atom stereocenters. The number of nitrogens with zero attached hydrogens (tertiary/aromatic N) is 2. The van der Waals surface area contributed by atoms with Crippen LogP contribution in [-0.2, 0) is 23.9 Å². The number of aliphatic carboxylic acids is 2. The Bertz CT molecular complexity index is 1150. The minimum atomic E-state index is -1.26. The van der Waals surface area contributed by atoms with Gasteiger partial charge in [-0.05, 0) is 51.2 Å². The number of hydrogen-bond donors (Lipinski definition) is 2. The number of fused-ring (bicyclic) bond motifs is 1. The fraction of sp³-hybridized carbons (Fsp3) is 0.333. The van der Waals surface area contributed by atoms with E-state index in [2.05, 4.69) is 6.07 Å². The highest BCUT2D eigenvalue weighted by Gasteiger charge is 2.40. The summed E-state index contributed by atoms with van der Waals surface area (Å²) in [7, 11) is 3.96. The fourth-order valence-electron chi connectivity index (χ4n) is 3.50. The Labute approximate surface area is 220 Å². The Hall–Kier alpha value is -3.63. The number of esters is 1. The predicted octanol–water partition coefficient (Wildman–Crippen LogP) is 3.69. The van der Waals surface area contributed by atoms with E-state index in [4.69, 9.17) is 14.9 Å². The van der Waals surface area contributed by atoms with Crippen molar-refractivity contribution in [1.82, 2.24) is 4.90 Å². The van der Waals surface area contributed by atoms with E-state index >= 15 is 0 Å². The van der Waals surface area contributed by atoms with E-state index in [1.165, 1.54) is 6.92 Å². The molecule has 2 aromatic rings. The van der Waals surface area contributed by atoms with Crippen molar-refractivity contribution in [1.29, 1.82) is 0 Å². The van der Waals surface area contributed by atoms with Crippen LogP contribution in [0.25, 0.3) is 0 Å². The maximum absolute atomic E-state index is 13.6. The average molecular weight is 529 g/mol. The zero-order valence-corrected chi connectivity index (χ0v) is 22.3. The van der Waals surface area contributed by atoms with Gasteiger partial charge in [-0.25, -0.2) is 9.59 Å². The lowest BCUT2D eigenvalue weighted by molar-refractivity contribution is -0.152. The van der Waals surface area contributed by atoms with Crippen LogP contribution >= 0.6 is 11.8 Å². The fourth-order valence-corrected chi connectivity index (χ4v) is 4.92. The predicted molar refractivity (Wildman–Crippen MR) is 142 cm³/mol. The van der Waals surface area contributed by atoms with Gasteiger partial charge in [0.2, 0.25) is 0 Å². The van der Waals surface area contributed by atoms with Crippen LogP contribution in [0.5, 0.6) is 0 Å². The molecule has 0 spiro atoms. The highest BCUT2D eigenvalue weighted by molar-refractivity contribution is 7.99. The Morgan fingerprint density at radius 2 is 1.57 bits per heavy atom. The van der Waals surface area contributed by atoms with Crippen LogP contribution < -0.4 is 4.90 Å². The first-order chi connectivity index (χ1) is 17.4. The molecule has 0 unspecified atom stereocenters. The summed E-state index contributed by atoms with van der Waals surface area (Å²) in [5.74, 6) is -3.14. The summed E-state index contributed by atoms with van der Waals surface area (Å²) in [6.45, 7) is 6.67. The maximum atomic E-state index is 13.6. The lowest BCUT2D eigenvalue weighted by atomic mass is 10.0. The third-order valence-corrected chi connectivity index (χ3v) is 6.64. The van der Waals surface area contributed by atoms with Gasteiger partial charge in [-0.2, -0.15) is 0 Å². The molecule has 0 radical (unpaired) electrons. The quantitative estimate of drug-likeness (QED) is 0.409. The lowest BCUT2D eigenvalue weighted by Crippen LogP contribution is -2.45. The standard InChI is InChI=1S/C23H28N2O3S.C4H4O4/c1-15-6-9-18(10-7-15)22-21(28-17(3)26)23(27)25(13-12-24(4)5)19-11-8-16(2)14-20(19)29-22;5-3(6)1-2-4(7)8/h6-11,14,21-22H,12-13H2,1-5H3;1-2H,(H,5,6)(H,7,8)/b;2-1-/t21-,22+;/m0./s1. The van der Waals surface area contributed by atoms with E-state index in [1.54, 1.807) is 16.7 Å². The summed E-state index contributed by atoms with van der Waals surface area (Å²) in [4.78, 5) is 49.4. The Balaban J connectivity index is 0.000000521. The second-order valence-electron chi connectivity index (χ2n) is 8.75. The van der Waals surface area contributed by atoms with E-state index in [-0.39, 0.29) is 11.2 Å². The number of anilines is 1. The maximum Gasteiger partial charge on any atom is 0.328 e. The van der Waals surface area contributed by atoms with Gasteiger partial charge in [-0.3, -0.25) is 9.59 Å². The first-order valence-corrected chi connectivity index (χ1v) is 12.4. The van der Waals surface area contributed by atoms with Crippen molar-refractivity contribution in [2.45, 2.75) is 37.0 Å². The highest BCUT2D eigenvalue weighted by atomic mass is 32.2. The van der Waals surface area contributed by atoms with Gasteiger partial charge in [-0.1, -0.05) is 35.9 Å². The number of carboxylic acids is 2. The van der Waals surface area contributed by atoms with Crippen molar-refractivity contribution >= 4 is 41.3 Å². The summed E-state index contributed by atoms with van der Waals surface area (Å²) in [6, 6.07) is 14.2. The number of thioether (sulfide) groups is 1. The first kappa shape index (κ1) is 29.6. The molecule has 1 heterocycles. The van der Waals surface area contributed by atoms with Crippen LogP contribution in [0, 0.1) is 13.8 Å². The van der Waals surface area contributed by atoms with Gasteiger partial charge in [0.1, 0.15) is 0 Å². The van der Waals surface area contributed by atoms with E-state index in [1.807, 2.05) is 69.2 Å². The number of aryl methyl sites for hydroxylation is 2. The van der Waals surface area contributed by atoms with Gasteiger partial charge >= 0.3 is 17.9 Å². The molecule has 0 saturated carbocycles. The van der Waals surface area contributed by atoms with Crippen molar-refractivity contribution in [3.05, 3.63) is 71.3 Å². The van der Waals surface area contributed by atoms with Crippen LogP contribution in [0.15, 0.2) is 59.5 Å². The molecule has 10 heteroatoms. The van der Waals surface area contributed by atoms with Gasteiger partial charge in [0, 0.05) is 37.1 Å². The largest absolute Gasteiger partial charge is 0.478 e. The average Bonchev–Trinajstić information content (AvgIpc) is 2.91. The summed E-state index contributed by atoms with van der Waals surface area (Å²) < 4.78 is 5.61. The van der Waals surface area contributed by atoms with E-state index in [9.17, 15) is 19.2 Å². The van der Waals surface area contributed by atoms with Gasteiger partial charge in [0.25, 0.3) is 5.91 Å². The summed E-state index contributed by atoms with van der Waals surface area (Å²) in [6.07, 6.45) is 0.236. The molecule has 198 valence electrons. The number of carbonyl (C=O) groups excluding carboxylic acids is 2. The highest BCUT2D eigenvalue weighted by Crippen LogP contribution is 2.47. The first-order valence-electron chi connectivity index (χ1n) is 11.5. The molecule has 0 fully saturated rings. The topological polar surface area (TPSA) is 124 Å². The van der Waals surface area contributed by atoms with Crippen molar-refractivity contribution in [3.63, 3.8) is 0 Å². The summed E-state index contributed by atoms with van der Waals surface area (Å²) >= 11 is 1.59. The number of amides is 1. The number of rotatable bonds is 7. The molecule has 0 saturated heterocycles.